The van der Waals surface area contributed by atoms with E-state index >= 15 is 0 Å². The van der Waals surface area contributed by atoms with Crippen molar-refractivity contribution in [2.45, 2.75) is 13.0 Å². The highest BCUT2D eigenvalue weighted by molar-refractivity contribution is 5.92. The van der Waals surface area contributed by atoms with Gasteiger partial charge < -0.3 is 14.8 Å². The molecule has 7 heteroatoms. The summed E-state index contributed by atoms with van der Waals surface area (Å²) in [5, 5.41) is 2.73. The summed E-state index contributed by atoms with van der Waals surface area (Å²) in [6, 6.07) is 4.65. The van der Waals surface area contributed by atoms with Gasteiger partial charge in [-0.05, 0) is 32.6 Å². The second-order valence-corrected chi connectivity index (χ2v) is 5.82. The molecule has 1 saturated heterocycles. The van der Waals surface area contributed by atoms with Crippen molar-refractivity contribution in [1.82, 2.24) is 19.8 Å². The molecule has 3 rings (SSSR count). The molecule has 1 aliphatic rings. The van der Waals surface area contributed by atoms with E-state index in [4.69, 9.17) is 0 Å². The molecule has 0 bridgehead atoms. The molecule has 0 atom stereocenters. The lowest BCUT2D eigenvalue weighted by Crippen LogP contribution is -2.46. The van der Waals surface area contributed by atoms with Crippen LogP contribution in [0.15, 0.2) is 30.6 Å². The summed E-state index contributed by atoms with van der Waals surface area (Å²) in [6.07, 6.45) is 4.31. The Bertz CT molecular complexity index is 712. The molecule has 1 fully saturated rings. The van der Waals surface area contributed by atoms with Crippen LogP contribution in [0.5, 0.6) is 0 Å². The number of imidazole rings is 1. The van der Waals surface area contributed by atoms with Crippen LogP contribution >= 0.6 is 0 Å². The van der Waals surface area contributed by atoms with Crippen molar-refractivity contribution in [1.29, 1.82) is 0 Å². The zero-order valence-electron chi connectivity index (χ0n) is 13.3. The maximum Gasteiger partial charge on any atom is 0.321 e. The highest BCUT2D eigenvalue weighted by Gasteiger charge is 2.22. The number of hydrogen-bond acceptors (Lipinski definition) is 3. The third-order valence-electron chi connectivity index (χ3n) is 3.76. The fourth-order valence-corrected chi connectivity index (χ4v) is 2.69. The zero-order chi connectivity index (χ0) is 16.4. The summed E-state index contributed by atoms with van der Waals surface area (Å²) >= 11 is 0. The van der Waals surface area contributed by atoms with E-state index in [0.29, 0.717) is 31.0 Å². The van der Waals surface area contributed by atoms with Crippen molar-refractivity contribution >= 4 is 11.7 Å². The number of aromatic nitrogens is 2. The minimum Gasteiger partial charge on any atom is -0.338 e. The van der Waals surface area contributed by atoms with E-state index in [1.807, 2.05) is 23.6 Å². The number of carbonyl (C=O) groups excluding carboxylic acids is 1. The molecule has 2 heterocycles. The molecule has 122 valence electrons. The molecule has 0 aliphatic carbocycles. The van der Waals surface area contributed by atoms with Crippen LogP contribution in [0.1, 0.15) is 12.2 Å². The van der Waals surface area contributed by atoms with E-state index in [1.165, 1.54) is 11.0 Å². The fourth-order valence-electron chi connectivity index (χ4n) is 2.69. The number of hydrogen-bond donors (Lipinski definition) is 1. The summed E-state index contributed by atoms with van der Waals surface area (Å²) in [4.78, 5) is 19.6. The number of rotatable bonds is 4. The Hall–Kier alpha value is -2.41. The number of anilines is 1. The zero-order valence-corrected chi connectivity index (χ0v) is 13.3. The van der Waals surface area contributed by atoms with E-state index in [9.17, 15) is 9.18 Å². The standard InChI is InChI=1S/C16H20FN5O/c1-20(2)11-15-18-7-9-21(15)12-4-5-14(13(17)10-12)22-8-3-6-19-16(22)23/h4-5,7,9-10H,3,6,8,11H2,1-2H3,(H,19,23). The molecule has 0 unspecified atom stereocenters. The minimum atomic E-state index is -0.413. The van der Waals surface area contributed by atoms with Crippen LogP contribution in [0.4, 0.5) is 14.9 Å². The first kappa shape index (κ1) is 15.5. The van der Waals surface area contributed by atoms with Gasteiger partial charge in [0.2, 0.25) is 0 Å². The van der Waals surface area contributed by atoms with Crippen LogP contribution in [0.2, 0.25) is 0 Å². The number of nitrogens with zero attached hydrogens (tertiary/aromatic N) is 4. The lowest BCUT2D eigenvalue weighted by Gasteiger charge is -2.28. The Labute approximate surface area is 134 Å². The lowest BCUT2D eigenvalue weighted by molar-refractivity contribution is 0.242. The van der Waals surface area contributed by atoms with Gasteiger partial charge in [-0.2, -0.15) is 0 Å². The van der Waals surface area contributed by atoms with E-state index in [1.54, 1.807) is 24.5 Å². The van der Waals surface area contributed by atoms with Crippen molar-refractivity contribution in [3.8, 4) is 5.69 Å². The Morgan fingerprint density at radius 1 is 1.39 bits per heavy atom. The van der Waals surface area contributed by atoms with Gasteiger partial charge in [-0.25, -0.2) is 14.2 Å². The van der Waals surface area contributed by atoms with Crippen LogP contribution in [0.25, 0.3) is 5.69 Å². The lowest BCUT2D eigenvalue weighted by atomic mass is 10.2. The molecule has 0 spiro atoms. The predicted octanol–water partition coefficient (Wildman–Crippen LogP) is 1.99. The van der Waals surface area contributed by atoms with Crippen molar-refractivity contribution in [3.05, 3.63) is 42.2 Å². The Kier molecular flexibility index (Phi) is 4.29. The molecule has 1 aliphatic heterocycles. The summed E-state index contributed by atoms with van der Waals surface area (Å²) in [6.45, 7) is 1.82. The molecular weight excluding hydrogens is 297 g/mol. The maximum absolute atomic E-state index is 14.5. The third-order valence-corrected chi connectivity index (χ3v) is 3.76. The van der Waals surface area contributed by atoms with Crippen LogP contribution in [-0.2, 0) is 6.54 Å². The van der Waals surface area contributed by atoms with E-state index in [-0.39, 0.29) is 6.03 Å². The first-order chi connectivity index (χ1) is 11.1. The summed E-state index contributed by atoms with van der Waals surface area (Å²) in [5.74, 6) is 0.418. The molecule has 2 aromatic rings. The Morgan fingerprint density at radius 2 is 2.22 bits per heavy atom. The van der Waals surface area contributed by atoms with Crippen LogP contribution in [0, 0.1) is 5.82 Å². The SMILES string of the molecule is CN(C)Cc1nccn1-c1ccc(N2CCCNC2=O)c(F)c1. The molecule has 0 radical (unpaired) electrons. The van der Waals surface area contributed by atoms with Crippen molar-refractivity contribution in [2.75, 3.05) is 32.1 Å². The van der Waals surface area contributed by atoms with Gasteiger partial charge in [0.05, 0.1) is 12.2 Å². The average Bonchev–Trinajstić information content (AvgIpc) is 2.95. The first-order valence-electron chi connectivity index (χ1n) is 7.58. The number of nitrogens with one attached hydrogen (secondary N) is 1. The molecule has 1 aromatic heterocycles. The molecule has 0 saturated carbocycles. The average molecular weight is 317 g/mol. The number of carbonyl (C=O) groups is 1. The summed E-state index contributed by atoms with van der Waals surface area (Å²) in [5.41, 5.74) is 0.998. The van der Waals surface area contributed by atoms with Gasteiger partial charge in [0.1, 0.15) is 11.6 Å². The van der Waals surface area contributed by atoms with Crippen molar-refractivity contribution in [2.24, 2.45) is 0 Å². The quantitative estimate of drug-likeness (QED) is 0.938. The summed E-state index contributed by atoms with van der Waals surface area (Å²) in [7, 11) is 3.91. The third kappa shape index (κ3) is 3.19. The number of amides is 2. The Morgan fingerprint density at radius 3 is 2.91 bits per heavy atom. The van der Waals surface area contributed by atoms with Gasteiger partial charge in [-0.3, -0.25) is 4.90 Å². The van der Waals surface area contributed by atoms with Crippen LogP contribution in [0.3, 0.4) is 0 Å². The Balaban J connectivity index is 1.90. The van der Waals surface area contributed by atoms with Crippen LogP contribution in [-0.4, -0.2) is 47.7 Å². The number of urea groups is 1. The molecule has 1 aromatic carbocycles. The van der Waals surface area contributed by atoms with Gasteiger partial charge in [0.25, 0.3) is 0 Å². The van der Waals surface area contributed by atoms with E-state index in [0.717, 1.165) is 12.2 Å². The van der Waals surface area contributed by atoms with Crippen LogP contribution < -0.4 is 10.2 Å². The number of halogens is 1. The monoisotopic (exact) mass is 317 g/mol. The van der Waals surface area contributed by atoms with E-state index < -0.39 is 5.82 Å². The highest BCUT2D eigenvalue weighted by atomic mass is 19.1. The minimum absolute atomic E-state index is 0.251. The highest BCUT2D eigenvalue weighted by Crippen LogP contribution is 2.24. The van der Waals surface area contributed by atoms with Gasteiger partial charge in [0.15, 0.2) is 0 Å². The van der Waals surface area contributed by atoms with Gasteiger partial charge >= 0.3 is 6.03 Å². The second-order valence-electron chi connectivity index (χ2n) is 5.82. The fraction of sp³-hybridized carbons (Fsp3) is 0.375. The van der Waals surface area contributed by atoms with Crippen molar-refractivity contribution < 1.29 is 9.18 Å². The largest absolute Gasteiger partial charge is 0.338 e. The molecule has 6 nitrogen and oxygen atoms in total. The van der Waals surface area contributed by atoms with Gasteiger partial charge in [-0.15, -0.1) is 0 Å². The number of benzene rings is 1. The normalized spacial score (nSPS) is 15.1. The smallest absolute Gasteiger partial charge is 0.321 e. The molecular formula is C16H20FN5O. The topological polar surface area (TPSA) is 53.4 Å². The van der Waals surface area contributed by atoms with Crippen molar-refractivity contribution in [3.63, 3.8) is 0 Å². The van der Waals surface area contributed by atoms with Gasteiger partial charge in [0, 0.05) is 37.2 Å². The summed E-state index contributed by atoms with van der Waals surface area (Å²) < 4.78 is 16.4. The maximum atomic E-state index is 14.5. The second kappa shape index (κ2) is 6.37. The van der Waals surface area contributed by atoms with Gasteiger partial charge in [-0.1, -0.05) is 0 Å². The van der Waals surface area contributed by atoms with E-state index in [2.05, 4.69) is 10.3 Å². The molecule has 2 amide bonds. The molecule has 1 N–H and O–H groups in total. The predicted molar refractivity (Wildman–Crippen MR) is 86.3 cm³/mol. The first-order valence-corrected chi connectivity index (χ1v) is 7.58. The molecule has 23 heavy (non-hydrogen) atoms.